The van der Waals surface area contributed by atoms with E-state index in [1.165, 1.54) is 6.92 Å². The van der Waals surface area contributed by atoms with Gasteiger partial charge in [-0.05, 0) is 26.8 Å². The monoisotopic (exact) mass is 206 g/mol. The number of allylic oxidation sites excluding steroid dienone is 2. The highest BCUT2D eigenvalue weighted by Gasteiger charge is 2.19. The fourth-order valence-electron chi connectivity index (χ4n) is 1.40. The summed E-state index contributed by atoms with van der Waals surface area (Å²) in [7, 11) is 0. The van der Waals surface area contributed by atoms with Crippen LogP contribution >= 0.6 is 0 Å². The Hall–Kier alpha value is -1.77. The lowest BCUT2D eigenvalue weighted by atomic mass is 10.1. The molecule has 0 aliphatic carbocycles. The van der Waals surface area contributed by atoms with Crippen LogP contribution in [0, 0.1) is 0 Å². The molecule has 0 aliphatic rings. The molecule has 1 rings (SSSR count). The van der Waals surface area contributed by atoms with E-state index < -0.39 is 0 Å². The molecule has 3 nitrogen and oxygen atoms in total. The molecule has 0 aromatic carbocycles. The van der Waals surface area contributed by atoms with Crippen LogP contribution in [0.1, 0.15) is 42.5 Å². The summed E-state index contributed by atoms with van der Waals surface area (Å²) in [5.74, 6) is -0.0258. The number of Topliss-reactive ketones (excluding diaryl/α,β-unsaturated/α-hetero) is 1. The summed E-state index contributed by atoms with van der Waals surface area (Å²) in [6.07, 6.45) is 7.04. The molecule has 15 heavy (non-hydrogen) atoms. The molecule has 1 N–H and O–H groups in total. The van der Waals surface area contributed by atoms with Crippen LogP contribution in [0.25, 0.3) is 12.2 Å². The molecule has 0 aliphatic heterocycles. The van der Waals surface area contributed by atoms with Gasteiger partial charge >= 0.3 is 0 Å². The van der Waals surface area contributed by atoms with Crippen LogP contribution in [0.2, 0.25) is 0 Å². The number of ketones is 1. The first kappa shape index (κ1) is 11.3. The second-order valence-corrected chi connectivity index (χ2v) is 3.12. The number of hydrogen-bond donors (Lipinski definition) is 1. The molecular weight excluding hydrogens is 192 g/mol. The molecule has 3 heteroatoms. The third-order valence-corrected chi connectivity index (χ3v) is 1.96. The van der Waals surface area contributed by atoms with E-state index in [9.17, 15) is 9.90 Å². The van der Waals surface area contributed by atoms with Gasteiger partial charge in [-0.3, -0.25) is 4.79 Å². The van der Waals surface area contributed by atoms with Crippen molar-refractivity contribution in [1.82, 2.24) is 0 Å². The molecule has 0 amide bonds. The van der Waals surface area contributed by atoms with Crippen molar-refractivity contribution in [3.63, 3.8) is 0 Å². The standard InChI is InChI=1S/C12H14O3/c1-4-6-9-10(7-5-2)15-12(14)11(9)8(3)13/h4-7,14H,1-3H3. The lowest BCUT2D eigenvalue weighted by molar-refractivity contribution is 0.101. The predicted molar refractivity (Wildman–Crippen MR) is 59.8 cm³/mol. The van der Waals surface area contributed by atoms with Crippen molar-refractivity contribution < 1.29 is 14.3 Å². The number of rotatable bonds is 3. The molecule has 0 fully saturated rings. The Labute approximate surface area is 88.7 Å². The molecule has 1 heterocycles. The zero-order valence-electron chi connectivity index (χ0n) is 9.07. The smallest absolute Gasteiger partial charge is 0.294 e. The first-order valence-electron chi connectivity index (χ1n) is 4.73. The second-order valence-electron chi connectivity index (χ2n) is 3.12. The quantitative estimate of drug-likeness (QED) is 0.772. The molecular formula is C12H14O3. The van der Waals surface area contributed by atoms with Gasteiger partial charge in [0.25, 0.3) is 5.95 Å². The number of carbonyl (C=O) groups excluding carboxylic acids is 1. The topological polar surface area (TPSA) is 50.4 Å². The zero-order chi connectivity index (χ0) is 11.4. The van der Waals surface area contributed by atoms with E-state index in [2.05, 4.69) is 0 Å². The van der Waals surface area contributed by atoms with Gasteiger partial charge in [0, 0.05) is 5.56 Å². The maximum Gasteiger partial charge on any atom is 0.294 e. The minimum atomic E-state index is -0.316. The third-order valence-electron chi connectivity index (χ3n) is 1.96. The molecule has 0 atom stereocenters. The Kier molecular flexibility index (Phi) is 3.50. The largest absolute Gasteiger partial charge is 0.480 e. The Morgan fingerprint density at radius 2 is 1.87 bits per heavy atom. The number of hydrogen-bond acceptors (Lipinski definition) is 3. The van der Waals surface area contributed by atoms with Gasteiger partial charge in [0.1, 0.15) is 11.3 Å². The minimum Gasteiger partial charge on any atom is -0.480 e. The van der Waals surface area contributed by atoms with Crippen molar-refractivity contribution in [3.05, 3.63) is 29.0 Å². The molecule has 1 aromatic rings. The molecule has 1 aromatic heterocycles. The van der Waals surface area contributed by atoms with Gasteiger partial charge in [-0.25, -0.2) is 0 Å². The molecule has 0 saturated heterocycles. The van der Waals surface area contributed by atoms with Crippen LogP contribution in [0.15, 0.2) is 16.6 Å². The average Bonchev–Trinajstić information content (AvgIpc) is 2.44. The zero-order valence-corrected chi connectivity index (χ0v) is 9.07. The normalized spacial score (nSPS) is 11.7. The van der Waals surface area contributed by atoms with Crippen molar-refractivity contribution in [2.75, 3.05) is 0 Å². The van der Waals surface area contributed by atoms with Crippen molar-refractivity contribution >= 4 is 17.9 Å². The van der Waals surface area contributed by atoms with E-state index in [-0.39, 0.29) is 17.3 Å². The molecule has 0 bridgehead atoms. The maximum atomic E-state index is 11.3. The minimum absolute atomic E-state index is 0.208. The fourth-order valence-corrected chi connectivity index (χ4v) is 1.40. The summed E-state index contributed by atoms with van der Waals surface area (Å²) in [5, 5.41) is 9.48. The van der Waals surface area contributed by atoms with E-state index >= 15 is 0 Å². The van der Waals surface area contributed by atoms with Gasteiger partial charge < -0.3 is 9.52 Å². The van der Waals surface area contributed by atoms with Crippen LogP contribution < -0.4 is 0 Å². The average molecular weight is 206 g/mol. The Morgan fingerprint density at radius 3 is 2.33 bits per heavy atom. The lowest BCUT2D eigenvalue weighted by Gasteiger charge is -1.93. The van der Waals surface area contributed by atoms with Gasteiger partial charge in [0.05, 0.1) is 0 Å². The van der Waals surface area contributed by atoms with E-state index in [4.69, 9.17) is 4.42 Å². The van der Waals surface area contributed by atoms with Crippen LogP contribution in [0.3, 0.4) is 0 Å². The Balaban J connectivity index is 3.43. The molecule has 0 saturated carbocycles. The maximum absolute atomic E-state index is 11.3. The summed E-state index contributed by atoms with van der Waals surface area (Å²) in [5.41, 5.74) is 0.863. The summed E-state index contributed by atoms with van der Waals surface area (Å²) >= 11 is 0. The van der Waals surface area contributed by atoms with Gasteiger partial charge in [-0.15, -0.1) is 0 Å². The Morgan fingerprint density at radius 1 is 1.27 bits per heavy atom. The Bertz CT molecular complexity index is 422. The lowest BCUT2D eigenvalue weighted by Crippen LogP contribution is -1.92. The van der Waals surface area contributed by atoms with Crippen molar-refractivity contribution in [1.29, 1.82) is 0 Å². The SMILES string of the molecule is CC=Cc1oc(O)c(C(C)=O)c1C=CC. The van der Waals surface area contributed by atoms with Crippen LogP contribution in [-0.4, -0.2) is 10.9 Å². The molecule has 80 valence electrons. The fraction of sp³-hybridized carbons (Fsp3) is 0.250. The highest BCUT2D eigenvalue weighted by atomic mass is 16.5. The van der Waals surface area contributed by atoms with E-state index in [0.29, 0.717) is 11.3 Å². The van der Waals surface area contributed by atoms with Gasteiger partial charge in [0.15, 0.2) is 5.78 Å². The second kappa shape index (κ2) is 4.64. The molecule has 0 unspecified atom stereocenters. The van der Waals surface area contributed by atoms with Crippen molar-refractivity contribution in [2.45, 2.75) is 20.8 Å². The van der Waals surface area contributed by atoms with Gasteiger partial charge in [-0.1, -0.05) is 18.2 Å². The highest BCUT2D eigenvalue weighted by Crippen LogP contribution is 2.30. The molecule has 0 spiro atoms. The van der Waals surface area contributed by atoms with Crippen LogP contribution in [0.4, 0.5) is 0 Å². The third kappa shape index (κ3) is 2.18. The van der Waals surface area contributed by atoms with E-state index in [1.54, 1.807) is 24.3 Å². The first-order valence-corrected chi connectivity index (χ1v) is 4.73. The molecule has 0 radical (unpaired) electrons. The number of furan rings is 1. The van der Waals surface area contributed by atoms with Crippen molar-refractivity contribution in [3.8, 4) is 5.95 Å². The first-order chi connectivity index (χ1) is 7.11. The van der Waals surface area contributed by atoms with E-state index in [1.807, 2.05) is 13.8 Å². The van der Waals surface area contributed by atoms with Gasteiger partial charge in [-0.2, -0.15) is 0 Å². The summed E-state index contributed by atoms with van der Waals surface area (Å²) in [6.45, 7) is 5.08. The van der Waals surface area contributed by atoms with E-state index in [0.717, 1.165) is 0 Å². The van der Waals surface area contributed by atoms with Gasteiger partial charge in [0.2, 0.25) is 0 Å². The number of aromatic hydroxyl groups is 1. The summed E-state index contributed by atoms with van der Waals surface area (Å²) in [6, 6.07) is 0. The van der Waals surface area contributed by atoms with Crippen LogP contribution in [0.5, 0.6) is 5.95 Å². The highest BCUT2D eigenvalue weighted by molar-refractivity contribution is 6.00. The van der Waals surface area contributed by atoms with Crippen LogP contribution in [-0.2, 0) is 0 Å². The number of carbonyl (C=O) groups is 1. The van der Waals surface area contributed by atoms with Crippen molar-refractivity contribution in [2.24, 2.45) is 0 Å². The summed E-state index contributed by atoms with van der Waals surface area (Å²) < 4.78 is 5.10. The summed E-state index contributed by atoms with van der Waals surface area (Å²) in [4.78, 5) is 11.3. The predicted octanol–water partition coefficient (Wildman–Crippen LogP) is 3.25.